The first-order valence-corrected chi connectivity index (χ1v) is 12.6. The molecular formula is C32H37FO5. The summed E-state index contributed by atoms with van der Waals surface area (Å²) >= 11 is 0. The van der Waals surface area contributed by atoms with Crippen molar-refractivity contribution in [2.45, 2.75) is 45.1 Å². The van der Waals surface area contributed by atoms with Crippen LogP contribution in [-0.4, -0.2) is 33.9 Å². The molecule has 0 heterocycles. The molecule has 0 aliphatic heterocycles. The van der Waals surface area contributed by atoms with Gasteiger partial charge in [0.2, 0.25) is 0 Å². The van der Waals surface area contributed by atoms with Crippen LogP contribution in [0.5, 0.6) is 11.5 Å². The molecule has 0 spiro atoms. The maximum absolute atomic E-state index is 14.9. The van der Waals surface area contributed by atoms with Crippen LogP contribution in [0.15, 0.2) is 72.8 Å². The van der Waals surface area contributed by atoms with Gasteiger partial charge in [-0.3, -0.25) is 4.79 Å². The van der Waals surface area contributed by atoms with Crippen molar-refractivity contribution in [1.82, 2.24) is 0 Å². The predicted octanol–water partition coefficient (Wildman–Crippen LogP) is 7.23. The summed E-state index contributed by atoms with van der Waals surface area (Å²) in [6.45, 7) is 7.12. The van der Waals surface area contributed by atoms with Crippen molar-refractivity contribution in [3.8, 4) is 22.6 Å². The molecule has 6 heteroatoms. The Hall–Kier alpha value is -3.64. The van der Waals surface area contributed by atoms with E-state index >= 15 is 0 Å². The normalized spacial score (nSPS) is 12.4. The van der Waals surface area contributed by atoms with Crippen molar-refractivity contribution < 1.29 is 28.1 Å². The fourth-order valence-electron chi connectivity index (χ4n) is 4.25. The van der Waals surface area contributed by atoms with Gasteiger partial charge in [-0.05, 0) is 64.1 Å². The quantitative estimate of drug-likeness (QED) is 0.197. The zero-order valence-electron chi connectivity index (χ0n) is 23.0. The van der Waals surface area contributed by atoms with Gasteiger partial charge in [0.1, 0.15) is 23.9 Å². The number of ether oxygens (including phenoxy) is 4. The summed E-state index contributed by atoms with van der Waals surface area (Å²) in [5.41, 5.74) is 4.07. The molecule has 0 bridgehead atoms. The smallest absolute Gasteiger partial charge is 0.306 e. The van der Waals surface area contributed by atoms with Crippen LogP contribution in [0.4, 0.5) is 4.39 Å². The van der Waals surface area contributed by atoms with Crippen molar-refractivity contribution in [2.75, 3.05) is 27.9 Å². The number of hydrogen-bond acceptors (Lipinski definition) is 5. The Bertz CT molecular complexity index is 1240. The summed E-state index contributed by atoms with van der Waals surface area (Å²) in [5, 5.41) is 0. The Morgan fingerprint density at radius 3 is 2.26 bits per heavy atom. The van der Waals surface area contributed by atoms with E-state index in [9.17, 15) is 9.18 Å². The van der Waals surface area contributed by atoms with Crippen molar-refractivity contribution in [3.05, 3.63) is 95.3 Å². The van der Waals surface area contributed by atoms with Crippen LogP contribution in [-0.2, 0) is 26.3 Å². The van der Waals surface area contributed by atoms with Crippen molar-refractivity contribution in [1.29, 1.82) is 0 Å². The highest BCUT2D eigenvalue weighted by atomic mass is 19.1. The summed E-state index contributed by atoms with van der Waals surface area (Å²) in [6, 6.07) is 18.5. The Morgan fingerprint density at radius 1 is 0.921 bits per heavy atom. The van der Waals surface area contributed by atoms with Crippen LogP contribution in [0.1, 0.15) is 49.8 Å². The largest absolute Gasteiger partial charge is 0.497 e. The molecule has 0 fully saturated rings. The Kier molecular flexibility index (Phi) is 10.1. The highest BCUT2D eigenvalue weighted by Gasteiger charge is 2.21. The van der Waals surface area contributed by atoms with Crippen molar-refractivity contribution in [2.24, 2.45) is 0 Å². The van der Waals surface area contributed by atoms with E-state index in [0.29, 0.717) is 30.3 Å². The summed E-state index contributed by atoms with van der Waals surface area (Å²) in [6.07, 6.45) is 4.08. The molecule has 3 aromatic carbocycles. The number of methoxy groups -OCH3 is 3. The molecule has 0 N–H and O–H groups in total. The lowest BCUT2D eigenvalue weighted by Crippen LogP contribution is -2.13. The predicted molar refractivity (Wildman–Crippen MR) is 148 cm³/mol. The number of esters is 1. The fraction of sp³-hybridized carbons (Fsp3) is 0.344. The molecule has 5 nitrogen and oxygen atoms in total. The molecule has 0 saturated heterocycles. The average Bonchev–Trinajstić information content (AvgIpc) is 2.91. The van der Waals surface area contributed by atoms with E-state index in [0.717, 1.165) is 22.3 Å². The lowest BCUT2D eigenvalue weighted by molar-refractivity contribution is -0.140. The fourth-order valence-corrected chi connectivity index (χ4v) is 4.25. The van der Waals surface area contributed by atoms with Crippen LogP contribution in [0.25, 0.3) is 11.1 Å². The van der Waals surface area contributed by atoms with Crippen LogP contribution < -0.4 is 9.47 Å². The number of allylic oxidation sites excluding steroid dienone is 1. The van der Waals surface area contributed by atoms with E-state index in [1.807, 2.05) is 54.6 Å². The number of rotatable bonds is 11. The third-order valence-electron chi connectivity index (χ3n) is 6.31. The van der Waals surface area contributed by atoms with Crippen LogP contribution in [0, 0.1) is 5.82 Å². The monoisotopic (exact) mass is 520 g/mol. The highest BCUT2D eigenvalue weighted by molar-refractivity contribution is 5.72. The van der Waals surface area contributed by atoms with E-state index < -0.39 is 0 Å². The zero-order chi connectivity index (χ0) is 27.7. The molecule has 3 rings (SSSR count). The van der Waals surface area contributed by atoms with E-state index in [-0.39, 0.29) is 29.5 Å². The molecule has 0 radical (unpaired) electrons. The first-order chi connectivity index (χ1) is 18.2. The van der Waals surface area contributed by atoms with Gasteiger partial charge in [0.05, 0.1) is 27.2 Å². The number of hydrogen-bond donors (Lipinski definition) is 0. The highest BCUT2D eigenvalue weighted by Crippen LogP contribution is 2.37. The maximum atomic E-state index is 14.9. The third-order valence-corrected chi connectivity index (χ3v) is 6.31. The molecule has 0 aliphatic carbocycles. The number of benzene rings is 3. The summed E-state index contributed by atoms with van der Waals surface area (Å²) < 4.78 is 36.3. The van der Waals surface area contributed by atoms with E-state index in [1.54, 1.807) is 26.4 Å². The molecule has 0 unspecified atom stereocenters. The second-order valence-electron chi connectivity index (χ2n) is 10.1. The van der Waals surface area contributed by atoms with Gasteiger partial charge < -0.3 is 18.9 Å². The van der Waals surface area contributed by atoms with Crippen LogP contribution >= 0.6 is 0 Å². The van der Waals surface area contributed by atoms with E-state index in [4.69, 9.17) is 18.9 Å². The first-order valence-electron chi connectivity index (χ1n) is 12.6. The average molecular weight is 521 g/mol. The van der Waals surface area contributed by atoms with Gasteiger partial charge in [-0.1, -0.05) is 57.2 Å². The zero-order valence-corrected chi connectivity index (χ0v) is 23.0. The Morgan fingerprint density at radius 2 is 1.63 bits per heavy atom. The van der Waals surface area contributed by atoms with Gasteiger partial charge in [0.25, 0.3) is 0 Å². The molecule has 3 aromatic rings. The molecule has 0 saturated carbocycles. The van der Waals surface area contributed by atoms with Crippen LogP contribution in [0.2, 0.25) is 0 Å². The van der Waals surface area contributed by atoms with Crippen molar-refractivity contribution in [3.63, 3.8) is 0 Å². The summed E-state index contributed by atoms with van der Waals surface area (Å²) in [7, 11) is 4.58. The standard InChI is InChI=1S/C32H37FO5/c1-32(2,3)29-15-9-22(18-27(29)28-20-26(36-5)14-16-30(28)33)21-38-25-12-10-23(11-13-25)24(8-7-17-35-4)19-31(34)37-6/h7-16,18,20,24H,17,19,21H2,1-6H3/b8-7+/t24-/m1/s1. The lowest BCUT2D eigenvalue weighted by Gasteiger charge is -2.24. The second kappa shape index (κ2) is 13.2. The molecule has 0 aliphatic rings. The Balaban J connectivity index is 1.82. The Labute approximate surface area is 225 Å². The number of carbonyl (C=O) groups is 1. The number of halogens is 1. The van der Waals surface area contributed by atoms with Crippen LogP contribution in [0.3, 0.4) is 0 Å². The topological polar surface area (TPSA) is 54.0 Å². The maximum Gasteiger partial charge on any atom is 0.306 e. The van der Waals surface area contributed by atoms with Gasteiger partial charge in [0, 0.05) is 18.6 Å². The molecule has 202 valence electrons. The van der Waals surface area contributed by atoms with Gasteiger partial charge in [0.15, 0.2) is 0 Å². The SMILES string of the molecule is COC/C=C/[C@H](CC(=O)OC)c1ccc(OCc2ccc(C(C)(C)C)c(-c3cc(OC)ccc3F)c2)cc1. The van der Waals surface area contributed by atoms with Gasteiger partial charge in [-0.25, -0.2) is 4.39 Å². The minimum absolute atomic E-state index is 0.128. The third kappa shape index (κ3) is 7.68. The van der Waals surface area contributed by atoms with E-state index in [1.165, 1.54) is 13.2 Å². The summed E-state index contributed by atoms with van der Waals surface area (Å²) in [5.74, 6) is 0.591. The van der Waals surface area contributed by atoms with Gasteiger partial charge >= 0.3 is 5.97 Å². The molecule has 38 heavy (non-hydrogen) atoms. The summed E-state index contributed by atoms with van der Waals surface area (Å²) in [4.78, 5) is 11.9. The minimum atomic E-state index is -0.300. The van der Waals surface area contributed by atoms with Crippen molar-refractivity contribution >= 4 is 5.97 Å². The second-order valence-corrected chi connectivity index (χ2v) is 10.1. The van der Waals surface area contributed by atoms with Gasteiger partial charge in [-0.15, -0.1) is 0 Å². The molecule has 1 atom stereocenters. The number of carbonyl (C=O) groups excluding carboxylic acids is 1. The molecular weight excluding hydrogens is 483 g/mol. The van der Waals surface area contributed by atoms with E-state index in [2.05, 4.69) is 20.8 Å². The molecule has 0 amide bonds. The first kappa shape index (κ1) is 28.9. The molecule has 0 aromatic heterocycles. The lowest BCUT2D eigenvalue weighted by atomic mass is 9.81. The van der Waals surface area contributed by atoms with Gasteiger partial charge in [-0.2, -0.15) is 0 Å². The minimum Gasteiger partial charge on any atom is -0.497 e.